The second-order valence-electron chi connectivity index (χ2n) is 2.35. The molecule has 0 atom stereocenters. The zero-order valence-corrected chi connectivity index (χ0v) is 8.27. The van der Waals surface area contributed by atoms with Gasteiger partial charge in [-0.1, -0.05) is 11.3 Å². The molecule has 0 fully saturated rings. The van der Waals surface area contributed by atoms with Gasteiger partial charge in [0.05, 0.1) is 0 Å². The maximum Gasteiger partial charge on any atom is 0.208 e. The van der Waals surface area contributed by atoms with Gasteiger partial charge in [-0.3, -0.25) is 0 Å². The maximum absolute atomic E-state index is 5.44. The lowest BCUT2D eigenvalue weighted by molar-refractivity contribution is 0.840. The first-order chi connectivity index (χ1) is 5.81. The van der Waals surface area contributed by atoms with Crippen LogP contribution >= 0.6 is 11.3 Å². The van der Waals surface area contributed by atoms with Gasteiger partial charge >= 0.3 is 0 Å². The molecule has 4 nitrogen and oxygen atoms in total. The van der Waals surface area contributed by atoms with Gasteiger partial charge in [0.25, 0.3) is 0 Å². The SMILES string of the molecule is CCN(CC)c1nnc(CN)s1. The Morgan fingerprint density at radius 1 is 1.33 bits per heavy atom. The summed E-state index contributed by atoms with van der Waals surface area (Å²) in [5.74, 6) is 0. The van der Waals surface area contributed by atoms with Crippen molar-refractivity contribution in [3.63, 3.8) is 0 Å². The Kier molecular flexibility index (Phi) is 3.43. The van der Waals surface area contributed by atoms with Gasteiger partial charge in [0.15, 0.2) is 0 Å². The molecule has 0 aliphatic carbocycles. The Morgan fingerprint density at radius 3 is 2.42 bits per heavy atom. The highest BCUT2D eigenvalue weighted by Gasteiger charge is 2.07. The van der Waals surface area contributed by atoms with Gasteiger partial charge in [0.2, 0.25) is 5.13 Å². The largest absolute Gasteiger partial charge is 0.347 e. The molecule has 0 amide bonds. The number of hydrogen-bond donors (Lipinski definition) is 1. The molecule has 0 unspecified atom stereocenters. The summed E-state index contributed by atoms with van der Waals surface area (Å²) in [7, 11) is 0. The van der Waals surface area contributed by atoms with Gasteiger partial charge < -0.3 is 10.6 Å². The van der Waals surface area contributed by atoms with E-state index in [4.69, 9.17) is 5.73 Å². The van der Waals surface area contributed by atoms with Crippen molar-refractivity contribution in [1.82, 2.24) is 10.2 Å². The van der Waals surface area contributed by atoms with E-state index < -0.39 is 0 Å². The first-order valence-electron chi connectivity index (χ1n) is 4.09. The van der Waals surface area contributed by atoms with Gasteiger partial charge in [-0.15, -0.1) is 10.2 Å². The van der Waals surface area contributed by atoms with Crippen LogP contribution in [-0.2, 0) is 6.54 Å². The zero-order valence-electron chi connectivity index (χ0n) is 7.45. The van der Waals surface area contributed by atoms with Crippen LogP contribution in [0, 0.1) is 0 Å². The number of anilines is 1. The molecule has 1 heterocycles. The fourth-order valence-corrected chi connectivity index (χ4v) is 1.79. The van der Waals surface area contributed by atoms with E-state index in [0.717, 1.165) is 23.2 Å². The standard InChI is InChI=1S/C7H14N4S/c1-3-11(4-2)7-10-9-6(5-8)12-7/h3-5,8H2,1-2H3. The number of nitrogens with zero attached hydrogens (tertiary/aromatic N) is 3. The summed E-state index contributed by atoms with van der Waals surface area (Å²) in [5.41, 5.74) is 5.44. The molecule has 2 N–H and O–H groups in total. The van der Waals surface area contributed by atoms with Crippen molar-refractivity contribution in [1.29, 1.82) is 0 Å². The van der Waals surface area contributed by atoms with Crippen LogP contribution in [0.4, 0.5) is 5.13 Å². The van der Waals surface area contributed by atoms with Crippen molar-refractivity contribution in [3.05, 3.63) is 5.01 Å². The Hall–Kier alpha value is -0.680. The molecular weight excluding hydrogens is 172 g/mol. The van der Waals surface area contributed by atoms with Gasteiger partial charge in [0.1, 0.15) is 5.01 Å². The quantitative estimate of drug-likeness (QED) is 0.757. The van der Waals surface area contributed by atoms with Crippen LogP contribution in [0.15, 0.2) is 0 Å². The van der Waals surface area contributed by atoms with Crippen molar-refractivity contribution in [2.45, 2.75) is 20.4 Å². The van der Waals surface area contributed by atoms with Crippen LogP contribution in [-0.4, -0.2) is 23.3 Å². The molecule has 1 aromatic heterocycles. The predicted octanol–water partition coefficient (Wildman–Crippen LogP) is 0.843. The summed E-state index contributed by atoms with van der Waals surface area (Å²) in [5, 5.41) is 9.87. The summed E-state index contributed by atoms with van der Waals surface area (Å²) in [6.45, 7) is 6.63. The fraction of sp³-hybridized carbons (Fsp3) is 0.714. The van der Waals surface area contributed by atoms with Crippen molar-refractivity contribution in [2.75, 3.05) is 18.0 Å². The third-order valence-corrected chi connectivity index (χ3v) is 2.67. The summed E-state index contributed by atoms with van der Waals surface area (Å²) in [6, 6.07) is 0. The minimum Gasteiger partial charge on any atom is -0.347 e. The highest BCUT2D eigenvalue weighted by molar-refractivity contribution is 7.15. The van der Waals surface area contributed by atoms with E-state index in [0.29, 0.717) is 6.54 Å². The molecular formula is C7H14N4S. The molecule has 5 heteroatoms. The molecule has 0 bridgehead atoms. The Bertz CT molecular complexity index is 231. The Morgan fingerprint density at radius 2 is 2.00 bits per heavy atom. The first-order valence-corrected chi connectivity index (χ1v) is 4.90. The second-order valence-corrected chi connectivity index (χ2v) is 3.40. The zero-order chi connectivity index (χ0) is 8.97. The van der Waals surface area contributed by atoms with Crippen LogP contribution in [0.5, 0.6) is 0 Å². The fourth-order valence-electron chi connectivity index (χ4n) is 0.949. The number of nitrogens with two attached hydrogens (primary N) is 1. The van der Waals surface area contributed by atoms with E-state index in [9.17, 15) is 0 Å². The minimum atomic E-state index is 0.485. The monoisotopic (exact) mass is 186 g/mol. The topological polar surface area (TPSA) is 55.0 Å². The number of hydrogen-bond acceptors (Lipinski definition) is 5. The minimum absolute atomic E-state index is 0.485. The number of rotatable bonds is 4. The molecule has 68 valence electrons. The molecule has 1 rings (SSSR count). The summed E-state index contributed by atoms with van der Waals surface area (Å²) >= 11 is 1.57. The van der Waals surface area contributed by atoms with E-state index in [1.165, 1.54) is 0 Å². The molecule has 12 heavy (non-hydrogen) atoms. The lowest BCUT2D eigenvalue weighted by Crippen LogP contribution is -2.21. The van der Waals surface area contributed by atoms with Crippen molar-refractivity contribution >= 4 is 16.5 Å². The average molecular weight is 186 g/mol. The van der Waals surface area contributed by atoms with Crippen LogP contribution in [0.2, 0.25) is 0 Å². The molecule has 0 radical (unpaired) electrons. The van der Waals surface area contributed by atoms with Crippen molar-refractivity contribution in [2.24, 2.45) is 5.73 Å². The van der Waals surface area contributed by atoms with E-state index in [1.54, 1.807) is 11.3 Å². The smallest absolute Gasteiger partial charge is 0.208 e. The third-order valence-electron chi connectivity index (χ3n) is 1.66. The third kappa shape index (κ3) is 1.92. The molecule has 0 aromatic carbocycles. The normalized spacial score (nSPS) is 10.2. The van der Waals surface area contributed by atoms with Crippen LogP contribution in [0.1, 0.15) is 18.9 Å². The predicted molar refractivity (Wildman–Crippen MR) is 51.4 cm³/mol. The maximum atomic E-state index is 5.44. The lowest BCUT2D eigenvalue weighted by atomic mass is 10.6. The van der Waals surface area contributed by atoms with E-state index in [-0.39, 0.29) is 0 Å². The Labute approximate surface area is 76.4 Å². The van der Waals surface area contributed by atoms with E-state index in [1.807, 2.05) is 0 Å². The average Bonchev–Trinajstić information content (AvgIpc) is 2.55. The summed E-state index contributed by atoms with van der Waals surface area (Å²) < 4.78 is 0. The highest BCUT2D eigenvalue weighted by Crippen LogP contribution is 2.18. The summed E-state index contributed by atoms with van der Waals surface area (Å²) in [4.78, 5) is 2.16. The molecule has 0 saturated heterocycles. The molecule has 1 aromatic rings. The number of aromatic nitrogens is 2. The molecule has 0 aliphatic heterocycles. The van der Waals surface area contributed by atoms with Crippen LogP contribution < -0.4 is 10.6 Å². The molecule has 0 saturated carbocycles. The Balaban J connectivity index is 2.72. The second kappa shape index (κ2) is 4.37. The first kappa shape index (κ1) is 9.41. The van der Waals surface area contributed by atoms with E-state index >= 15 is 0 Å². The van der Waals surface area contributed by atoms with Gasteiger partial charge in [0, 0.05) is 19.6 Å². The van der Waals surface area contributed by atoms with Gasteiger partial charge in [-0.05, 0) is 13.8 Å². The van der Waals surface area contributed by atoms with Crippen LogP contribution in [0.25, 0.3) is 0 Å². The van der Waals surface area contributed by atoms with Gasteiger partial charge in [-0.25, -0.2) is 0 Å². The molecule has 0 spiro atoms. The van der Waals surface area contributed by atoms with Crippen LogP contribution in [0.3, 0.4) is 0 Å². The van der Waals surface area contributed by atoms with E-state index in [2.05, 4.69) is 28.9 Å². The lowest BCUT2D eigenvalue weighted by Gasteiger charge is -2.15. The van der Waals surface area contributed by atoms with Crippen molar-refractivity contribution in [3.8, 4) is 0 Å². The highest BCUT2D eigenvalue weighted by atomic mass is 32.1. The summed E-state index contributed by atoms with van der Waals surface area (Å²) in [6.07, 6.45) is 0. The van der Waals surface area contributed by atoms with Crippen molar-refractivity contribution < 1.29 is 0 Å². The van der Waals surface area contributed by atoms with Gasteiger partial charge in [-0.2, -0.15) is 0 Å². The molecule has 0 aliphatic rings.